The molecule has 3 heteroatoms. The van der Waals surface area contributed by atoms with Gasteiger partial charge in [-0.15, -0.1) is 0 Å². The van der Waals surface area contributed by atoms with Crippen LogP contribution >= 0.6 is 0 Å². The lowest BCUT2D eigenvalue weighted by molar-refractivity contribution is 0.141. The van der Waals surface area contributed by atoms with Crippen LogP contribution in [0.5, 0.6) is 0 Å². The van der Waals surface area contributed by atoms with Crippen LogP contribution in [0.4, 0.5) is 0 Å². The third kappa shape index (κ3) is 4.23. The lowest BCUT2D eigenvalue weighted by atomic mass is 9.95. The molecule has 2 rings (SSSR count). The van der Waals surface area contributed by atoms with Crippen LogP contribution in [-0.2, 0) is 0 Å². The molecule has 0 amide bonds. The van der Waals surface area contributed by atoms with Gasteiger partial charge in [-0.3, -0.25) is 0 Å². The molecular formula is C14H29N3. The molecule has 0 spiro atoms. The van der Waals surface area contributed by atoms with Gasteiger partial charge in [-0.1, -0.05) is 6.92 Å². The number of nitrogens with zero attached hydrogens (tertiary/aromatic N) is 2. The van der Waals surface area contributed by atoms with Gasteiger partial charge in [0.15, 0.2) is 0 Å². The van der Waals surface area contributed by atoms with Gasteiger partial charge in [0.25, 0.3) is 0 Å². The van der Waals surface area contributed by atoms with Crippen LogP contribution in [-0.4, -0.2) is 55.6 Å². The molecule has 2 fully saturated rings. The summed E-state index contributed by atoms with van der Waals surface area (Å²) in [5, 5.41) is 0. The van der Waals surface area contributed by atoms with Crippen molar-refractivity contribution in [2.24, 2.45) is 17.6 Å². The third-order valence-corrected chi connectivity index (χ3v) is 4.39. The van der Waals surface area contributed by atoms with Gasteiger partial charge in [0, 0.05) is 13.1 Å². The molecule has 0 radical (unpaired) electrons. The van der Waals surface area contributed by atoms with E-state index in [0.29, 0.717) is 5.92 Å². The first kappa shape index (κ1) is 13.3. The Kier molecular flexibility index (Phi) is 5.26. The number of rotatable bonds is 5. The molecular weight excluding hydrogens is 210 g/mol. The second-order valence-corrected chi connectivity index (χ2v) is 6.09. The summed E-state index contributed by atoms with van der Waals surface area (Å²) in [6, 6.07) is 0. The van der Waals surface area contributed by atoms with Crippen molar-refractivity contribution < 1.29 is 0 Å². The van der Waals surface area contributed by atoms with Gasteiger partial charge in [-0.2, -0.15) is 0 Å². The van der Waals surface area contributed by atoms with Gasteiger partial charge >= 0.3 is 0 Å². The Morgan fingerprint density at radius 3 is 2.29 bits per heavy atom. The molecule has 0 saturated carbocycles. The molecule has 1 atom stereocenters. The van der Waals surface area contributed by atoms with Crippen molar-refractivity contribution in [3.05, 3.63) is 0 Å². The third-order valence-electron chi connectivity index (χ3n) is 4.39. The van der Waals surface area contributed by atoms with Crippen molar-refractivity contribution in [2.45, 2.75) is 32.6 Å². The normalized spacial score (nSPS) is 26.5. The zero-order valence-electron chi connectivity index (χ0n) is 11.4. The SMILES string of the molecule is CC(CN)CN1CCC(CN2CCCC2)CC1. The first-order valence-corrected chi connectivity index (χ1v) is 7.42. The predicted octanol–water partition coefficient (Wildman–Crippen LogP) is 1.39. The van der Waals surface area contributed by atoms with Crippen LogP contribution in [0, 0.1) is 11.8 Å². The Morgan fingerprint density at radius 1 is 1.06 bits per heavy atom. The highest BCUT2D eigenvalue weighted by molar-refractivity contribution is 4.77. The summed E-state index contributed by atoms with van der Waals surface area (Å²) in [5.41, 5.74) is 5.69. The van der Waals surface area contributed by atoms with Gasteiger partial charge in [0.05, 0.1) is 0 Å². The topological polar surface area (TPSA) is 32.5 Å². The zero-order chi connectivity index (χ0) is 12.1. The zero-order valence-corrected chi connectivity index (χ0v) is 11.4. The quantitative estimate of drug-likeness (QED) is 0.787. The van der Waals surface area contributed by atoms with Gasteiger partial charge in [0.1, 0.15) is 0 Å². The summed E-state index contributed by atoms with van der Waals surface area (Å²) < 4.78 is 0. The van der Waals surface area contributed by atoms with Gasteiger partial charge in [-0.25, -0.2) is 0 Å². The lowest BCUT2D eigenvalue weighted by Crippen LogP contribution is -2.40. The van der Waals surface area contributed by atoms with Gasteiger partial charge in [0.2, 0.25) is 0 Å². The average molecular weight is 239 g/mol. The maximum atomic E-state index is 5.69. The minimum absolute atomic E-state index is 0.658. The van der Waals surface area contributed by atoms with Crippen LogP contribution < -0.4 is 5.73 Å². The Morgan fingerprint density at radius 2 is 1.71 bits per heavy atom. The highest BCUT2D eigenvalue weighted by atomic mass is 15.2. The van der Waals surface area contributed by atoms with E-state index < -0.39 is 0 Å². The van der Waals surface area contributed by atoms with E-state index in [1.165, 1.54) is 65.0 Å². The average Bonchev–Trinajstić information content (AvgIpc) is 2.84. The second kappa shape index (κ2) is 6.72. The van der Waals surface area contributed by atoms with Gasteiger partial charge in [-0.05, 0) is 70.2 Å². The minimum atomic E-state index is 0.658. The molecule has 0 aromatic rings. The van der Waals surface area contributed by atoms with Crippen molar-refractivity contribution >= 4 is 0 Å². The van der Waals surface area contributed by atoms with Crippen LogP contribution in [0.15, 0.2) is 0 Å². The molecule has 2 N–H and O–H groups in total. The van der Waals surface area contributed by atoms with Crippen molar-refractivity contribution in [1.29, 1.82) is 0 Å². The maximum absolute atomic E-state index is 5.69. The highest BCUT2D eigenvalue weighted by Crippen LogP contribution is 2.21. The minimum Gasteiger partial charge on any atom is -0.330 e. The molecule has 2 heterocycles. The van der Waals surface area contributed by atoms with E-state index in [9.17, 15) is 0 Å². The fourth-order valence-electron chi connectivity index (χ4n) is 3.20. The molecule has 0 aromatic heterocycles. The summed E-state index contributed by atoms with van der Waals surface area (Å²) in [6.07, 6.45) is 5.64. The van der Waals surface area contributed by atoms with Crippen LogP contribution in [0.25, 0.3) is 0 Å². The summed E-state index contributed by atoms with van der Waals surface area (Å²) in [6.45, 7) is 10.9. The van der Waals surface area contributed by atoms with Crippen molar-refractivity contribution in [1.82, 2.24) is 9.80 Å². The van der Waals surface area contributed by atoms with E-state index in [2.05, 4.69) is 16.7 Å². The predicted molar refractivity (Wildman–Crippen MR) is 73.1 cm³/mol. The first-order chi connectivity index (χ1) is 8.28. The van der Waals surface area contributed by atoms with Crippen molar-refractivity contribution in [3.8, 4) is 0 Å². The van der Waals surface area contributed by atoms with Crippen LogP contribution in [0.1, 0.15) is 32.6 Å². The van der Waals surface area contributed by atoms with E-state index in [1.54, 1.807) is 0 Å². The Balaban J connectivity index is 1.63. The Labute approximate surface area is 106 Å². The molecule has 2 aliphatic heterocycles. The molecule has 0 aliphatic carbocycles. The molecule has 2 saturated heterocycles. The molecule has 3 nitrogen and oxygen atoms in total. The number of hydrogen-bond donors (Lipinski definition) is 1. The molecule has 17 heavy (non-hydrogen) atoms. The Bertz CT molecular complexity index is 206. The van der Waals surface area contributed by atoms with Crippen molar-refractivity contribution in [2.75, 3.05) is 45.8 Å². The molecule has 0 aromatic carbocycles. The monoisotopic (exact) mass is 239 g/mol. The number of nitrogens with two attached hydrogens (primary N) is 1. The largest absolute Gasteiger partial charge is 0.330 e. The number of hydrogen-bond acceptors (Lipinski definition) is 3. The van der Waals surface area contributed by atoms with Gasteiger partial charge < -0.3 is 15.5 Å². The molecule has 2 aliphatic rings. The molecule has 1 unspecified atom stereocenters. The smallest absolute Gasteiger partial charge is 0.00191 e. The summed E-state index contributed by atoms with van der Waals surface area (Å²) in [5.74, 6) is 1.61. The van der Waals surface area contributed by atoms with E-state index in [0.717, 1.165) is 12.5 Å². The highest BCUT2D eigenvalue weighted by Gasteiger charge is 2.23. The number of piperidine rings is 1. The summed E-state index contributed by atoms with van der Waals surface area (Å²) in [4.78, 5) is 5.28. The molecule has 100 valence electrons. The number of likely N-dealkylation sites (tertiary alicyclic amines) is 2. The van der Waals surface area contributed by atoms with Crippen LogP contribution in [0.3, 0.4) is 0 Å². The van der Waals surface area contributed by atoms with E-state index >= 15 is 0 Å². The van der Waals surface area contributed by atoms with E-state index in [-0.39, 0.29) is 0 Å². The second-order valence-electron chi connectivity index (χ2n) is 6.09. The summed E-state index contributed by atoms with van der Waals surface area (Å²) in [7, 11) is 0. The lowest BCUT2D eigenvalue weighted by Gasteiger charge is -2.34. The first-order valence-electron chi connectivity index (χ1n) is 7.42. The van der Waals surface area contributed by atoms with Crippen LogP contribution in [0.2, 0.25) is 0 Å². The maximum Gasteiger partial charge on any atom is 0.00191 e. The van der Waals surface area contributed by atoms with Crippen molar-refractivity contribution in [3.63, 3.8) is 0 Å². The van der Waals surface area contributed by atoms with E-state index in [1.807, 2.05) is 0 Å². The summed E-state index contributed by atoms with van der Waals surface area (Å²) >= 11 is 0. The molecule has 0 bridgehead atoms. The fourth-order valence-corrected chi connectivity index (χ4v) is 3.20. The Hall–Kier alpha value is -0.120. The fraction of sp³-hybridized carbons (Fsp3) is 1.00. The standard InChI is InChI=1S/C14H29N3/c1-13(10-15)11-17-8-4-14(5-9-17)12-16-6-2-3-7-16/h13-14H,2-12,15H2,1H3. The van der Waals surface area contributed by atoms with E-state index in [4.69, 9.17) is 5.73 Å².